The molecule has 1 aliphatic carbocycles. The van der Waals surface area contributed by atoms with Gasteiger partial charge in [-0.1, -0.05) is 32.9 Å². The lowest BCUT2D eigenvalue weighted by atomic mass is 9.81. The maximum atomic E-state index is 14.9. The molecule has 210 valence electrons. The van der Waals surface area contributed by atoms with Crippen molar-refractivity contribution in [2.75, 3.05) is 27.0 Å². The highest BCUT2D eigenvalue weighted by Gasteiger charge is 2.35. The van der Waals surface area contributed by atoms with Crippen LogP contribution in [0.1, 0.15) is 62.3 Å². The Kier molecular flexibility index (Phi) is 8.79. The Bertz CT molecular complexity index is 1350. The van der Waals surface area contributed by atoms with Gasteiger partial charge in [0.1, 0.15) is 12.4 Å². The zero-order chi connectivity index (χ0) is 28.4. The van der Waals surface area contributed by atoms with E-state index in [0.29, 0.717) is 28.8 Å². The summed E-state index contributed by atoms with van der Waals surface area (Å²) >= 11 is 0. The molecular weight excluding hydrogens is 518 g/mol. The molecule has 1 fully saturated rings. The van der Waals surface area contributed by atoms with Gasteiger partial charge in [-0.05, 0) is 64.5 Å². The Morgan fingerprint density at radius 1 is 1.08 bits per heavy atom. The lowest BCUT2D eigenvalue weighted by Crippen LogP contribution is -2.21. The molecule has 1 saturated carbocycles. The number of aromatic nitrogens is 2. The van der Waals surface area contributed by atoms with Gasteiger partial charge in [0.2, 0.25) is 11.8 Å². The molecule has 1 aromatic carbocycles. The summed E-state index contributed by atoms with van der Waals surface area (Å²) in [7, 11) is -0.0107. The molecule has 0 spiro atoms. The van der Waals surface area contributed by atoms with Gasteiger partial charge >= 0.3 is 0 Å². The van der Waals surface area contributed by atoms with Crippen LogP contribution in [0.4, 0.5) is 4.39 Å². The molecule has 1 N–H and O–H groups in total. The van der Waals surface area contributed by atoms with E-state index in [4.69, 9.17) is 14.2 Å². The molecule has 2 heterocycles. The summed E-state index contributed by atoms with van der Waals surface area (Å²) in [5.74, 6) is 0.771. The maximum absolute atomic E-state index is 14.9. The molecule has 4 rings (SSSR count). The minimum absolute atomic E-state index is 0.0172. The Morgan fingerprint density at radius 2 is 1.82 bits per heavy atom. The first-order valence-electron chi connectivity index (χ1n) is 13.1. The first-order valence-corrected chi connectivity index (χ1v) is 15.4. The van der Waals surface area contributed by atoms with Gasteiger partial charge in [0.15, 0.2) is 7.37 Å². The van der Waals surface area contributed by atoms with E-state index in [0.717, 1.165) is 35.7 Å². The summed E-state index contributed by atoms with van der Waals surface area (Å²) < 4.78 is 44.4. The van der Waals surface area contributed by atoms with Crippen LogP contribution >= 0.6 is 7.37 Å². The topological polar surface area (TPSA) is 90.8 Å². The van der Waals surface area contributed by atoms with E-state index in [9.17, 15) is 13.8 Å². The van der Waals surface area contributed by atoms with E-state index in [1.807, 2.05) is 30.3 Å². The predicted molar refractivity (Wildman–Crippen MR) is 150 cm³/mol. The molecule has 1 aliphatic rings. The summed E-state index contributed by atoms with van der Waals surface area (Å²) in [6.45, 7) is 7.88. The third-order valence-corrected chi connectivity index (χ3v) is 8.12. The molecule has 9 heteroatoms. The highest BCUT2D eigenvalue weighted by Crippen LogP contribution is 2.50. The zero-order valence-electron chi connectivity index (χ0n) is 23.5. The number of rotatable bonds is 11. The van der Waals surface area contributed by atoms with Gasteiger partial charge in [-0.3, -0.25) is 4.57 Å². The maximum Gasteiger partial charge on any atom is 0.213 e. The van der Waals surface area contributed by atoms with E-state index in [2.05, 4.69) is 30.7 Å². The van der Waals surface area contributed by atoms with Crippen LogP contribution in [0.25, 0.3) is 11.1 Å². The number of ether oxygens (including phenoxy) is 3. The van der Waals surface area contributed by atoms with Gasteiger partial charge in [-0.15, -0.1) is 0 Å². The van der Waals surface area contributed by atoms with Gasteiger partial charge in [-0.2, -0.15) is 0 Å². The van der Waals surface area contributed by atoms with E-state index < -0.39 is 13.2 Å². The first kappa shape index (κ1) is 29.2. The number of hydrogen-bond acceptors (Lipinski definition) is 6. The van der Waals surface area contributed by atoms with Crippen LogP contribution < -0.4 is 9.47 Å². The fourth-order valence-corrected chi connectivity index (χ4v) is 6.37. The van der Waals surface area contributed by atoms with Crippen LogP contribution in [-0.4, -0.2) is 41.9 Å². The summed E-state index contributed by atoms with van der Waals surface area (Å²) in [5, 5.41) is 0. The van der Waals surface area contributed by atoms with Crippen molar-refractivity contribution in [1.82, 2.24) is 9.97 Å². The third-order valence-electron chi connectivity index (χ3n) is 7.05. The van der Waals surface area contributed by atoms with Crippen LogP contribution in [0, 0.1) is 17.2 Å². The van der Waals surface area contributed by atoms with Crippen LogP contribution in [0.3, 0.4) is 0 Å². The smallest absolute Gasteiger partial charge is 0.213 e. The molecule has 0 saturated heterocycles. The van der Waals surface area contributed by atoms with Crippen molar-refractivity contribution >= 4 is 7.37 Å². The largest absolute Gasteiger partial charge is 0.481 e. The molecule has 0 amide bonds. The average molecular weight is 557 g/mol. The molecule has 0 aliphatic heterocycles. The van der Waals surface area contributed by atoms with Crippen molar-refractivity contribution in [3.63, 3.8) is 0 Å². The second-order valence-electron chi connectivity index (χ2n) is 11.5. The van der Waals surface area contributed by atoms with Gasteiger partial charge in [0, 0.05) is 43.8 Å². The quantitative estimate of drug-likeness (QED) is 0.254. The standard InChI is InChI=1S/C30H38FN2O5P/c1-30(2,3)29(37-5)24-13-19(7-10-22(24)23-15-27(36-4)33-16-26(23)31)17-38-28-14-21(11-12-32-28)25(20-8-9-20)18-39(6,34)35/h7,10-16,20,25,29H,8-9,17-18H2,1-6H3,(H,34,35)/t25-,29+/m0/s1. The molecule has 39 heavy (non-hydrogen) atoms. The summed E-state index contributed by atoms with van der Waals surface area (Å²) in [5.41, 5.74) is 3.49. The number of methoxy groups -OCH3 is 2. The summed E-state index contributed by atoms with van der Waals surface area (Å²) in [6.07, 6.45) is 4.92. The van der Waals surface area contributed by atoms with Gasteiger partial charge < -0.3 is 19.1 Å². The molecule has 7 nitrogen and oxygen atoms in total. The van der Waals surface area contributed by atoms with E-state index in [-0.39, 0.29) is 30.2 Å². The zero-order valence-corrected chi connectivity index (χ0v) is 24.4. The number of halogens is 1. The molecule has 1 unspecified atom stereocenters. The first-order chi connectivity index (χ1) is 18.4. The number of pyridine rings is 2. The highest BCUT2D eigenvalue weighted by atomic mass is 31.2. The Labute approximate surface area is 230 Å². The van der Waals surface area contributed by atoms with Crippen molar-refractivity contribution in [2.45, 2.75) is 52.2 Å². The fourth-order valence-electron chi connectivity index (χ4n) is 5.13. The molecule has 3 atom stereocenters. The molecular formula is C30H38FN2O5P. The number of nitrogens with zero attached hydrogens (tertiary/aromatic N) is 2. The fraction of sp³-hybridized carbons (Fsp3) is 0.467. The molecule has 0 radical (unpaired) electrons. The van der Waals surface area contributed by atoms with Crippen molar-refractivity contribution < 1.29 is 28.1 Å². The minimum Gasteiger partial charge on any atom is -0.481 e. The van der Waals surface area contributed by atoms with E-state index in [1.165, 1.54) is 13.8 Å². The third kappa shape index (κ3) is 7.44. The lowest BCUT2D eigenvalue weighted by Gasteiger charge is -2.32. The van der Waals surface area contributed by atoms with E-state index in [1.54, 1.807) is 19.4 Å². The Hall–Kier alpha value is -2.80. The van der Waals surface area contributed by atoms with Crippen molar-refractivity contribution in [2.24, 2.45) is 11.3 Å². The number of benzene rings is 1. The minimum atomic E-state index is -3.16. The van der Waals surface area contributed by atoms with Crippen LogP contribution in [0.5, 0.6) is 11.8 Å². The summed E-state index contributed by atoms with van der Waals surface area (Å²) in [6, 6.07) is 11.1. The van der Waals surface area contributed by atoms with Gasteiger partial charge in [-0.25, -0.2) is 14.4 Å². The lowest BCUT2D eigenvalue weighted by molar-refractivity contribution is 0.0155. The van der Waals surface area contributed by atoms with Crippen LogP contribution in [0.2, 0.25) is 0 Å². The second-order valence-corrected chi connectivity index (χ2v) is 14.0. The Morgan fingerprint density at radius 3 is 2.44 bits per heavy atom. The monoisotopic (exact) mass is 556 g/mol. The van der Waals surface area contributed by atoms with Crippen molar-refractivity contribution in [3.05, 3.63) is 71.3 Å². The van der Waals surface area contributed by atoms with Crippen molar-refractivity contribution in [3.8, 4) is 22.9 Å². The SMILES string of the molecule is COc1cc(-c2ccc(COc3cc([C@@H](CP(C)(=O)O)C4CC4)ccn3)cc2[C@@H](OC)C(C)(C)C)c(F)cn1. The average Bonchev–Trinajstić information content (AvgIpc) is 3.71. The molecule has 3 aromatic rings. The van der Waals surface area contributed by atoms with Crippen LogP contribution in [0.15, 0.2) is 48.8 Å². The Balaban J connectivity index is 1.64. The van der Waals surface area contributed by atoms with Gasteiger partial charge in [0.05, 0.1) is 19.4 Å². The predicted octanol–water partition coefficient (Wildman–Crippen LogP) is 7.00. The van der Waals surface area contributed by atoms with Crippen LogP contribution in [-0.2, 0) is 15.9 Å². The highest BCUT2D eigenvalue weighted by molar-refractivity contribution is 7.57. The molecule has 0 bridgehead atoms. The van der Waals surface area contributed by atoms with Gasteiger partial charge in [0.25, 0.3) is 0 Å². The normalized spacial score (nSPS) is 16.8. The molecule has 2 aromatic heterocycles. The second kappa shape index (κ2) is 11.7. The van der Waals surface area contributed by atoms with E-state index >= 15 is 0 Å². The number of hydrogen-bond donors (Lipinski definition) is 1. The summed E-state index contributed by atoms with van der Waals surface area (Å²) in [4.78, 5) is 18.4. The van der Waals surface area contributed by atoms with Crippen molar-refractivity contribution in [1.29, 1.82) is 0 Å².